The van der Waals surface area contributed by atoms with E-state index >= 15 is 0 Å². The van der Waals surface area contributed by atoms with Crippen molar-refractivity contribution in [2.75, 3.05) is 47.1 Å². The molecule has 0 aromatic rings. The molecule has 0 saturated heterocycles. The van der Waals surface area contributed by atoms with Gasteiger partial charge < -0.3 is 20.1 Å². The number of nitrogens with zero attached hydrogens (tertiary/aromatic N) is 1. The molecule has 0 aliphatic heterocycles. The third kappa shape index (κ3) is 5.78. The van der Waals surface area contributed by atoms with Crippen molar-refractivity contribution in [3.05, 3.63) is 0 Å². The van der Waals surface area contributed by atoms with Crippen molar-refractivity contribution in [1.29, 1.82) is 0 Å². The van der Waals surface area contributed by atoms with Gasteiger partial charge in [0.25, 0.3) is 0 Å². The Labute approximate surface area is 117 Å². The van der Waals surface area contributed by atoms with Crippen LogP contribution in [0.1, 0.15) is 32.6 Å². The highest BCUT2D eigenvalue weighted by Crippen LogP contribution is 2.44. The average Bonchev–Trinajstić information content (AvgIpc) is 2.37. The van der Waals surface area contributed by atoms with Crippen LogP contribution in [-0.4, -0.2) is 53.0 Å². The lowest BCUT2D eigenvalue weighted by molar-refractivity contribution is 0.0778. The third-order valence-corrected chi connectivity index (χ3v) is 3.77. The van der Waals surface area contributed by atoms with Gasteiger partial charge in [-0.2, -0.15) is 0 Å². The summed E-state index contributed by atoms with van der Waals surface area (Å²) in [7, 11) is 3.48. The summed E-state index contributed by atoms with van der Waals surface area (Å²) in [5, 5.41) is 6.55. The predicted molar refractivity (Wildman–Crippen MR) is 78.6 cm³/mol. The number of rotatable bonds is 9. The van der Waals surface area contributed by atoms with Crippen LogP contribution in [0.2, 0.25) is 0 Å². The molecule has 1 fully saturated rings. The highest BCUT2D eigenvalue weighted by molar-refractivity contribution is 5.79. The summed E-state index contributed by atoms with van der Waals surface area (Å²) in [5.74, 6) is 0.892. The van der Waals surface area contributed by atoms with Crippen LogP contribution in [0.5, 0.6) is 0 Å². The first kappa shape index (κ1) is 16.2. The van der Waals surface area contributed by atoms with Crippen molar-refractivity contribution in [1.82, 2.24) is 10.6 Å². The molecule has 0 atom stereocenters. The normalized spacial score (nSPS) is 17.9. The molecule has 112 valence electrons. The van der Waals surface area contributed by atoms with Crippen LogP contribution < -0.4 is 10.6 Å². The largest absolute Gasteiger partial charge is 0.385 e. The molecule has 2 N–H and O–H groups in total. The molecule has 0 aromatic carbocycles. The van der Waals surface area contributed by atoms with Crippen molar-refractivity contribution in [3.8, 4) is 0 Å². The highest BCUT2D eigenvalue weighted by atomic mass is 16.5. The van der Waals surface area contributed by atoms with Crippen LogP contribution in [-0.2, 0) is 9.47 Å². The molecular formula is C14H29N3O2. The molecule has 0 radical (unpaired) electrons. The fourth-order valence-corrected chi connectivity index (χ4v) is 2.34. The third-order valence-electron chi connectivity index (χ3n) is 3.77. The van der Waals surface area contributed by atoms with Crippen LogP contribution >= 0.6 is 0 Å². The lowest BCUT2D eigenvalue weighted by atomic mass is 9.67. The summed E-state index contributed by atoms with van der Waals surface area (Å²) in [5.41, 5.74) is 0.375. The van der Waals surface area contributed by atoms with Gasteiger partial charge in [-0.05, 0) is 31.6 Å². The van der Waals surface area contributed by atoms with Gasteiger partial charge in [-0.1, -0.05) is 6.42 Å². The molecule has 1 saturated carbocycles. The second-order valence-electron chi connectivity index (χ2n) is 5.21. The van der Waals surface area contributed by atoms with Crippen molar-refractivity contribution >= 4 is 5.96 Å². The van der Waals surface area contributed by atoms with Gasteiger partial charge >= 0.3 is 0 Å². The molecule has 1 rings (SSSR count). The van der Waals surface area contributed by atoms with E-state index in [0.717, 1.165) is 38.6 Å². The van der Waals surface area contributed by atoms with Crippen LogP contribution in [0, 0.1) is 5.41 Å². The zero-order valence-electron chi connectivity index (χ0n) is 12.6. The molecule has 0 bridgehead atoms. The van der Waals surface area contributed by atoms with E-state index in [1.165, 1.54) is 19.3 Å². The molecule has 1 aliphatic rings. The van der Waals surface area contributed by atoms with E-state index in [2.05, 4.69) is 17.6 Å². The molecule has 0 unspecified atom stereocenters. The van der Waals surface area contributed by atoms with Crippen LogP contribution in [0.15, 0.2) is 4.99 Å². The summed E-state index contributed by atoms with van der Waals surface area (Å²) in [4.78, 5) is 4.72. The minimum atomic E-state index is 0.375. The molecule has 0 spiro atoms. The van der Waals surface area contributed by atoms with Crippen molar-refractivity contribution < 1.29 is 9.47 Å². The second-order valence-corrected chi connectivity index (χ2v) is 5.21. The maximum atomic E-state index is 5.21. The van der Waals surface area contributed by atoms with E-state index in [0.29, 0.717) is 12.0 Å². The van der Waals surface area contributed by atoms with Gasteiger partial charge in [-0.25, -0.2) is 0 Å². The lowest BCUT2D eigenvalue weighted by Crippen LogP contribution is -2.41. The Morgan fingerprint density at radius 1 is 1.16 bits per heavy atom. The minimum absolute atomic E-state index is 0.375. The number of hydrogen-bond donors (Lipinski definition) is 2. The number of methoxy groups -OCH3 is 2. The predicted octanol–water partition coefficient (Wildman–Crippen LogP) is 1.39. The van der Waals surface area contributed by atoms with Gasteiger partial charge in [-0.15, -0.1) is 0 Å². The lowest BCUT2D eigenvalue weighted by Gasteiger charge is -2.40. The minimum Gasteiger partial charge on any atom is -0.385 e. The fourth-order valence-electron chi connectivity index (χ4n) is 2.34. The van der Waals surface area contributed by atoms with E-state index < -0.39 is 0 Å². The maximum Gasteiger partial charge on any atom is 0.191 e. The van der Waals surface area contributed by atoms with E-state index in [4.69, 9.17) is 14.5 Å². The summed E-state index contributed by atoms with van der Waals surface area (Å²) in [6.07, 6.45) is 4.99. The molecule has 5 nitrogen and oxygen atoms in total. The highest BCUT2D eigenvalue weighted by Gasteiger charge is 2.36. The Morgan fingerprint density at radius 3 is 2.42 bits per heavy atom. The molecule has 1 aliphatic carbocycles. The Hall–Kier alpha value is -0.810. The van der Waals surface area contributed by atoms with E-state index in [9.17, 15) is 0 Å². The van der Waals surface area contributed by atoms with Gasteiger partial charge in [0.05, 0.1) is 6.61 Å². The molecule has 0 amide bonds. The van der Waals surface area contributed by atoms with Gasteiger partial charge in [0.1, 0.15) is 0 Å². The Kier molecular flexibility index (Phi) is 7.82. The SMILES string of the molecule is CCNC(=NCC1(CCOC)CCC1)NCCOC. The molecule has 0 aromatic heterocycles. The van der Waals surface area contributed by atoms with Gasteiger partial charge in [0.2, 0.25) is 0 Å². The fraction of sp³-hybridized carbons (Fsp3) is 0.929. The van der Waals surface area contributed by atoms with E-state index in [1.54, 1.807) is 14.2 Å². The van der Waals surface area contributed by atoms with Crippen molar-refractivity contribution in [3.63, 3.8) is 0 Å². The first-order chi connectivity index (χ1) is 9.26. The van der Waals surface area contributed by atoms with Crippen molar-refractivity contribution in [2.45, 2.75) is 32.6 Å². The zero-order valence-corrected chi connectivity index (χ0v) is 12.6. The Morgan fingerprint density at radius 2 is 1.89 bits per heavy atom. The molecule has 5 heteroatoms. The number of hydrogen-bond acceptors (Lipinski definition) is 3. The summed E-state index contributed by atoms with van der Waals surface area (Å²) < 4.78 is 10.3. The van der Waals surface area contributed by atoms with E-state index in [-0.39, 0.29) is 0 Å². The quantitative estimate of drug-likeness (QED) is 0.378. The summed E-state index contributed by atoms with van der Waals surface area (Å²) in [6, 6.07) is 0. The molecule has 0 heterocycles. The smallest absolute Gasteiger partial charge is 0.191 e. The van der Waals surface area contributed by atoms with Crippen molar-refractivity contribution in [2.24, 2.45) is 10.4 Å². The van der Waals surface area contributed by atoms with Gasteiger partial charge in [0, 0.05) is 40.5 Å². The van der Waals surface area contributed by atoms with Gasteiger partial charge in [-0.3, -0.25) is 4.99 Å². The Bertz CT molecular complexity index is 265. The zero-order chi connectivity index (χ0) is 14.0. The number of nitrogens with one attached hydrogen (secondary N) is 2. The number of guanidine groups is 1. The molecule has 19 heavy (non-hydrogen) atoms. The monoisotopic (exact) mass is 271 g/mol. The van der Waals surface area contributed by atoms with E-state index in [1.807, 2.05) is 0 Å². The summed E-state index contributed by atoms with van der Waals surface area (Å²) in [6.45, 7) is 6.16. The standard InChI is InChI=1S/C14H29N3O2/c1-4-15-13(16-9-11-19-3)17-12-14(6-5-7-14)8-10-18-2/h4-12H2,1-3H3,(H2,15,16,17). The summed E-state index contributed by atoms with van der Waals surface area (Å²) >= 11 is 0. The molecular weight excluding hydrogens is 242 g/mol. The van der Waals surface area contributed by atoms with Crippen LogP contribution in [0.3, 0.4) is 0 Å². The number of ether oxygens (including phenoxy) is 2. The second kappa shape index (κ2) is 9.15. The van der Waals surface area contributed by atoms with Crippen LogP contribution in [0.4, 0.5) is 0 Å². The maximum absolute atomic E-state index is 5.21. The van der Waals surface area contributed by atoms with Gasteiger partial charge in [0.15, 0.2) is 5.96 Å². The number of aliphatic imine (C=N–C) groups is 1. The first-order valence-corrected chi connectivity index (χ1v) is 7.26. The first-order valence-electron chi connectivity index (χ1n) is 7.26. The Balaban J connectivity index is 2.42. The van der Waals surface area contributed by atoms with Crippen LogP contribution in [0.25, 0.3) is 0 Å². The topological polar surface area (TPSA) is 54.9 Å². The average molecular weight is 271 g/mol.